The second kappa shape index (κ2) is 7.17. The van der Waals surface area contributed by atoms with Gasteiger partial charge in [-0.1, -0.05) is 40.2 Å². The molecule has 0 spiro atoms. The maximum Gasteiger partial charge on any atom is 0.240 e. The van der Waals surface area contributed by atoms with Crippen molar-refractivity contribution in [2.24, 2.45) is 5.73 Å². The molecule has 3 N–H and O–H groups in total. The van der Waals surface area contributed by atoms with Gasteiger partial charge in [0.2, 0.25) is 10.0 Å². The van der Waals surface area contributed by atoms with Gasteiger partial charge in [-0.2, -0.15) is 0 Å². The Hall–Kier alpha value is -1.21. The lowest BCUT2D eigenvalue weighted by Gasteiger charge is -2.08. The monoisotopic (exact) mass is 368 g/mol. The van der Waals surface area contributed by atoms with Crippen molar-refractivity contribution in [1.82, 2.24) is 4.72 Å². The standard InChI is InChI=1S/C15H17BrN2O2S/c16-14-5-7-15(8-6-14)21(19,20)18-11-13-3-1-12(2-4-13)9-10-17/h1-8,18H,9-11,17H2. The van der Waals surface area contributed by atoms with Crippen molar-refractivity contribution in [2.45, 2.75) is 17.9 Å². The fourth-order valence-electron chi connectivity index (χ4n) is 1.87. The molecule has 0 atom stereocenters. The zero-order valence-electron chi connectivity index (χ0n) is 11.4. The average molecular weight is 369 g/mol. The number of nitrogens with one attached hydrogen (secondary N) is 1. The van der Waals surface area contributed by atoms with Gasteiger partial charge in [-0.05, 0) is 48.4 Å². The summed E-state index contributed by atoms with van der Waals surface area (Å²) in [6.07, 6.45) is 0.824. The number of rotatable bonds is 6. The molecule has 0 aliphatic heterocycles. The average Bonchev–Trinajstić information content (AvgIpc) is 2.47. The largest absolute Gasteiger partial charge is 0.330 e. The summed E-state index contributed by atoms with van der Waals surface area (Å²) >= 11 is 3.28. The highest BCUT2D eigenvalue weighted by Gasteiger charge is 2.13. The summed E-state index contributed by atoms with van der Waals surface area (Å²) < 4.78 is 27.7. The fraction of sp³-hybridized carbons (Fsp3) is 0.200. The molecule has 0 saturated carbocycles. The lowest BCUT2D eigenvalue weighted by Crippen LogP contribution is -2.23. The summed E-state index contributed by atoms with van der Waals surface area (Å²) in [6, 6.07) is 14.3. The Balaban J connectivity index is 2.02. The Labute approximate surface area is 133 Å². The molecule has 0 aliphatic rings. The number of benzene rings is 2. The molecule has 2 aromatic rings. The molecule has 0 bridgehead atoms. The summed E-state index contributed by atoms with van der Waals surface area (Å²) in [4.78, 5) is 0.255. The van der Waals surface area contributed by atoms with Crippen LogP contribution < -0.4 is 10.5 Å². The van der Waals surface area contributed by atoms with E-state index in [2.05, 4.69) is 20.7 Å². The Morgan fingerprint density at radius 3 is 2.10 bits per heavy atom. The molecule has 0 fully saturated rings. The quantitative estimate of drug-likeness (QED) is 0.822. The van der Waals surface area contributed by atoms with E-state index < -0.39 is 10.0 Å². The van der Waals surface area contributed by atoms with Gasteiger partial charge in [0, 0.05) is 11.0 Å². The predicted molar refractivity (Wildman–Crippen MR) is 87.4 cm³/mol. The number of nitrogens with two attached hydrogens (primary N) is 1. The van der Waals surface area contributed by atoms with Crippen LogP contribution >= 0.6 is 15.9 Å². The van der Waals surface area contributed by atoms with Gasteiger partial charge in [0.25, 0.3) is 0 Å². The van der Waals surface area contributed by atoms with E-state index >= 15 is 0 Å². The van der Waals surface area contributed by atoms with E-state index in [0.29, 0.717) is 6.54 Å². The molecule has 0 saturated heterocycles. The van der Waals surface area contributed by atoms with Crippen LogP contribution in [-0.2, 0) is 23.0 Å². The lowest BCUT2D eigenvalue weighted by molar-refractivity contribution is 0.581. The van der Waals surface area contributed by atoms with Crippen molar-refractivity contribution >= 4 is 26.0 Å². The Morgan fingerprint density at radius 1 is 0.952 bits per heavy atom. The van der Waals surface area contributed by atoms with Crippen LogP contribution in [0.3, 0.4) is 0 Å². The van der Waals surface area contributed by atoms with E-state index in [1.165, 1.54) is 0 Å². The number of hydrogen-bond donors (Lipinski definition) is 2. The highest BCUT2D eigenvalue weighted by molar-refractivity contribution is 9.10. The van der Waals surface area contributed by atoms with Crippen LogP contribution in [0, 0.1) is 0 Å². The van der Waals surface area contributed by atoms with Crippen molar-refractivity contribution in [3.63, 3.8) is 0 Å². The molecular weight excluding hydrogens is 352 g/mol. The lowest BCUT2D eigenvalue weighted by atomic mass is 10.1. The first-order chi connectivity index (χ1) is 10.0. The van der Waals surface area contributed by atoms with Gasteiger partial charge in [0.1, 0.15) is 0 Å². The fourth-order valence-corrected chi connectivity index (χ4v) is 3.15. The molecule has 4 nitrogen and oxygen atoms in total. The van der Waals surface area contributed by atoms with Crippen LogP contribution in [0.2, 0.25) is 0 Å². The number of halogens is 1. The first-order valence-corrected chi connectivity index (χ1v) is 8.82. The van der Waals surface area contributed by atoms with Gasteiger partial charge in [0.15, 0.2) is 0 Å². The van der Waals surface area contributed by atoms with Crippen molar-refractivity contribution < 1.29 is 8.42 Å². The zero-order chi connectivity index (χ0) is 15.3. The third kappa shape index (κ3) is 4.64. The molecule has 0 radical (unpaired) electrons. The summed E-state index contributed by atoms with van der Waals surface area (Å²) in [5.74, 6) is 0. The second-order valence-corrected chi connectivity index (χ2v) is 7.32. The van der Waals surface area contributed by atoms with E-state index in [1.54, 1.807) is 24.3 Å². The van der Waals surface area contributed by atoms with Crippen LogP contribution in [-0.4, -0.2) is 15.0 Å². The summed E-state index contributed by atoms with van der Waals surface area (Å²) in [6.45, 7) is 0.872. The maximum atomic E-state index is 12.1. The molecule has 0 unspecified atom stereocenters. The van der Waals surface area contributed by atoms with E-state index in [9.17, 15) is 8.42 Å². The molecule has 0 aliphatic carbocycles. The molecule has 0 heterocycles. The molecule has 0 amide bonds. The minimum atomic E-state index is -3.49. The zero-order valence-corrected chi connectivity index (χ0v) is 13.8. The van der Waals surface area contributed by atoms with Crippen LogP contribution in [0.1, 0.15) is 11.1 Å². The van der Waals surface area contributed by atoms with Crippen LogP contribution in [0.15, 0.2) is 57.9 Å². The molecule has 2 aromatic carbocycles. The second-order valence-electron chi connectivity index (χ2n) is 4.63. The smallest absolute Gasteiger partial charge is 0.240 e. The van der Waals surface area contributed by atoms with Crippen molar-refractivity contribution in [3.8, 4) is 0 Å². The van der Waals surface area contributed by atoms with Crippen LogP contribution in [0.25, 0.3) is 0 Å². The first-order valence-electron chi connectivity index (χ1n) is 6.54. The third-order valence-corrected chi connectivity index (χ3v) is 4.99. The Kier molecular flexibility index (Phi) is 5.52. The SMILES string of the molecule is NCCc1ccc(CNS(=O)(=O)c2ccc(Br)cc2)cc1. The predicted octanol–water partition coefficient (Wildman–Crippen LogP) is 2.43. The van der Waals surface area contributed by atoms with Crippen molar-refractivity contribution in [2.75, 3.05) is 6.54 Å². The molecular formula is C15H17BrN2O2S. The highest BCUT2D eigenvalue weighted by Crippen LogP contribution is 2.15. The number of sulfonamides is 1. The Bertz CT molecular complexity index is 683. The van der Waals surface area contributed by atoms with E-state index in [1.807, 2.05) is 24.3 Å². The molecule has 2 rings (SSSR count). The van der Waals surface area contributed by atoms with E-state index in [-0.39, 0.29) is 11.4 Å². The van der Waals surface area contributed by atoms with Gasteiger partial charge in [-0.25, -0.2) is 13.1 Å². The summed E-state index contributed by atoms with van der Waals surface area (Å²) in [7, 11) is -3.49. The third-order valence-electron chi connectivity index (χ3n) is 3.05. The van der Waals surface area contributed by atoms with E-state index in [4.69, 9.17) is 5.73 Å². The van der Waals surface area contributed by atoms with Gasteiger partial charge in [0.05, 0.1) is 4.90 Å². The molecule has 6 heteroatoms. The molecule has 0 aromatic heterocycles. The topological polar surface area (TPSA) is 72.2 Å². The minimum absolute atomic E-state index is 0.255. The first kappa shape index (κ1) is 16.2. The van der Waals surface area contributed by atoms with Crippen molar-refractivity contribution in [1.29, 1.82) is 0 Å². The van der Waals surface area contributed by atoms with Gasteiger partial charge in [-0.15, -0.1) is 0 Å². The number of hydrogen-bond acceptors (Lipinski definition) is 3. The normalized spacial score (nSPS) is 11.5. The van der Waals surface area contributed by atoms with Crippen LogP contribution in [0.5, 0.6) is 0 Å². The van der Waals surface area contributed by atoms with E-state index in [0.717, 1.165) is 22.0 Å². The van der Waals surface area contributed by atoms with Gasteiger partial charge < -0.3 is 5.73 Å². The Morgan fingerprint density at radius 2 is 1.52 bits per heavy atom. The van der Waals surface area contributed by atoms with Gasteiger partial charge in [-0.3, -0.25) is 0 Å². The summed E-state index contributed by atoms with van der Waals surface area (Å²) in [5.41, 5.74) is 7.56. The molecule has 112 valence electrons. The minimum Gasteiger partial charge on any atom is -0.330 e. The van der Waals surface area contributed by atoms with Crippen LogP contribution in [0.4, 0.5) is 0 Å². The maximum absolute atomic E-state index is 12.1. The highest BCUT2D eigenvalue weighted by atomic mass is 79.9. The summed E-state index contributed by atoms with van der Waals surface area (Å²) in [5, 5.41) is 0. The van der Waals surface area contributed by atoms with Crippen molar-refractivity contribution in [3.05, 3.63) is 64.1 Å². The molecule has 21 heavy (non-hydrogen) atoms. The van der Waals surface area contributed by atoms with Gasteiger partial charge >= 0.3 is 0 Å².